The minimum absolute atomic E-state index is 0.0572. The van der Waals surface area contributed by atoms with Crippen LogP contribution in [0, 0.1) is 12.8 Å². The van der Waals surface area contributed by atoms with Crippen molar-refractivity contribution in [3.8, 4) is 0 Å². The highest BCUT2D eigenvalue weighted by molar-refractivity contribution is 6.30. The number of nitrogens with zero attached hydrogens (tertiary/aromatic N) is 2. The third-order valence-electron chi connectivity index (χ3n) is 4.81. The van der Waals surface area contributed by atoms with Gasteiger partial charge in [-0.25, -0.2) is 4.98 Å². The minimum atomic E-state index is -0.173. The van der Waals surface area contributed by atoms with Crippen molar-refractivity contribution in [3.05, 3.63) is 58.9 Å². The number of imidazole rings is 1. The summed E-state index contributed by atoms with van der Waals surface area (Å²) in [5, 5.41) is 3.60. The predicted molar refractivity (Wildman–Crippen MR) is 105 cm³/mol. The summed E-state index contributed by atoms with van der Waals surface area (Å²) < 4.78 is 0. The summed E-state index contributed by atoms with van der Waals surface area (Å²) in [6.07, 6.45) is 2.00. The lowest BCUT2D eigenvalue weighted by Gasteiger charge is -2.17. The number of benzene rings is 2. The van der Waals surface area contributed by atoms with Gasteiger partial charge >= 0.3 is 0 Å². The number of carbonyl (C=O) groups is 2. The lowest BCUT2D eigenvalue weighted by atomic mass is 10.1. The highest BCUT2D eigenvalue weighted by atomic mass is 35.5. The molecule has 6 nitrogen and oxygen atoms in total. The average Bonchev–Trinajstić information content (AvgIpc) is 3.26. The Balaban J connectivity index is 1.43. The van der Waals surface area contributed by atoms with Crippen molar-refractivity contribution in [1.29, 1.82) is 0 Å². The van der Waals surface area contributed by atoms with Gasteiger partial charge in [-0.1, -0.05) is 11.6 Å². The van der Waals surface area contributed by atoms with Crippen molar-refractivity contribution in [2.75, 3.05) is 18.0 Å². The molecule has 7 heteroatoms. The van der Waals surface area contributed by atoms with Crippen LogP contribution in [0.2, 0.25) is 5.02 Å². The zero-order chi connectivity index (χ0) is 19.0. The number of fused-ring (bicyclic) bond motifs is 1. The zero-order valence-corrected chi connectivity index (χ0v) is 15.6. The normalized spacial score (nSPS) is 16.9. The molecule has 138 valence electrons. The third kappa shape index (κ3) is 3.53. The van der Waals surface area contributed by atoms with Gasteiger partial charge in [-0.05, 0) is 48.9 Å². The molecule has 1 aromatic heterocycles. The first-order chi connectivity index (χ1) is 13.0. The Morgan fingerprint density at radius 1 is 1.33 bits per heavy atom. The average molecular weight is 383 g/mol. The van der Waals surface area contributed by atoms with Gasteiger partial charge in [0.15, 0.2) is 0 Å². The van der Waals surface area contributed by atoms with Crippen molar-refractivity contribution < 1.29 is 9.59 Å². The summed E-state index contributed by atoms with van der Waals surface area (Å²) in [6, 6.07) is 11.0. The first-order valence-electron chi connectivity index (χ1n) is 8.79. The van der Waals surface area contributed by atoms with Crippen LogP contribution in [0.3, 0.4) is 0 Å². The summed E-state index contributed by atoms with van der Waals surface area (Å²) in [5.74, 6) is -0.0494. The molecule has 2 N–H and O–H groups in total. The number of anilines is 1. The molecule has 2 amide bonds. The first kappa shape index (κ1) is 17.5. The Bertz CT molecular complexity index is 1010. The van der Waals surface area contributed by atoms with E-state index in [0.717, 1.165) is 16.8 Å². The molecule has 0 radical (unpaired) electrons. The lowest BCUT2D eigenvalue weighted by Crippen LogP contribution is -2.31. The number of rotatable bonds is 4. The Morgan fingerprint density at radius 2 is 2.11 bits per heavy atom. The van der Waals surface area contributed by atoms with Crippen molar-refractivity contribution in [2.45, 2.75) is 13.3 Å². The molecular weight excluding hydrogens is 364 g/mol. The van der Waals surface area contributed by atoms with Gasteiger partial charge in [-0.2, -0.15) is 0 Å². The topological polar surface area (TPSA) is 78.1 Å². The summed E-state index contributed by atoms with van der Waals surface area (Å²) in [5.41, 5.74) is 3.86. The molecule has 1 aliphatic heterocycles. The van der Waals surface area contributed by atoms with Crippen LogP contribution in [0.25, 0.3) is 11.0 Å². The van der Waals surface area contributed by atoms with Gasteiger partial charge < -0.3 is 15.2 Å². The first-order valence-corrected chi connectivity index (χ1v) is 9.17. The fraction of sp³-hybridized carbons (Fsp3) is 0.250. The molecule has 0 spiro atoms. The number of H-pyrrole nitrogens is 1. The van der Waals surface area contributed by atoms with E-state index in [0.29, 0.717) is 35.6 Å². The molecule has 1 aliphatic rings. The molecule has 1 atom stereocenters. The fourth-order valence-corrected chi connectivity index (χ4v) is 3.61. The lowest BCUT2D eigenvalue weighted by molar-refractivity contribution is -0.117. The van der Waals surface area contributed by atoms with Crippen molar-refractivity contribution in [3.63, 3.8) is 0 Å². The Labute approximate surface area is 161 Å². The molecule has 1 saturated heterocycles. The molecule has 2 heterocycles. The standard InChI is InChI=1S/C20H19ClN4O2/c1-12-6-16(19-17(7-12)23-11-24-19)20(27)22-9-13-8-18(26)25(10-13)15-4-2-14(21)3-5-15/h2-7,11,13H,8-10H2,1H3,(H,22,27)(H,23,24). The van der Waals surface area contributed by atoms with E-state index >= 15 is 0 Å². The number of carbonyl (C=O) groups excluding carboxylic acids is 2. The number of halogens is 1. The highest BCUT2D eigenvalue weighted by Gasteiger charge is 2.31. The number of aromatic nitrogens is 2. The highest BCUT2D eigenvalue weighted by Crippen LogP contribution is 2.26. The van der Waals surface area contributed by atoms with Gasteiger partial charge in [-0.15, -0.1) is 0 Å². The van der Waals surface area contributed by atoms with E-state index in [-0.39, 0.29) is 17.7 Å². The number of hydrogen-bond donors (Lipinski definition) is 2. The van der Waals surface area contributed by atoms with Crippen LogP contribution in [0.4, 0.5) is 5.69 Å². The van der Waals surface area contributed by atoms with Crippen LogP contribution in [-0.4, -0.2) is 34.9 Å². The van der Waals surface area contributed by atoms with E-state index in [2.05, 4.69) is 15.3 Å². The van der Waals surface area contributed by atoms with E-state index < -0.39 is 0 Å². The fourth-order valence-electron chi connectivity index (χ4n) is 3.49. The number of nitrogens with one attached hydrogen (secondary N) is 2. The Kier molecular flexibility index (Phi) is 4.58. The molecule has 1 unspecified atom stereocenters. The number of aryl methyl sites for hydroxylation is 1. The number of amides is 2. The summed E-state index contributed by atoms with van der Waals surface area (Å²) in [4.78, 5) is 34.0. The van der Waals surface area contributed by atoms with Crippen LogP contribution in [0.15, 0.2) is 42.7 Å². The SMILES string of the molecule is Cc1cc(C(=O)NCC2CC(=O)N(c3ccc(Cl)cc3)C2)c2nc[nH]c2c1. The molecule has 27 heavy (non-hydrogen) atoms. The van der Waals surface area contributed by atoms with E-state index in [9.17, 15) is 9.59 Å². The molecule has 3 aromatic rings. The monoisotopic (exact) mass is 382 g/mol. The van der Waals surface area contributed by atoms with Crippen LogP contribution < -0.4 is 10.2 Å². The molecule has 4 rings (SSSR count). The van der Waals surface area contributed by atoms with Gasteiger partial charge in [0.2, 0.25) is 5.91 Å². The number of hydrogen-bond acceptors (Lipinski definition) is 3. The van der Waals surface area contributed by atoms with Gasteiger partial charge in [0.25, 0.3) is 5.91 Å². The Hall–Kier alpha value is -2.86. The maximum absolute atomic E-state index is 12.7. The Morgan fingerprint density at radius 3 is 2.89 bits per heavy atom. The second kappa shape index (κ2) is 7.04. The summed E-state index contributed by atoms with van der Waals surface area (Å²) >= 11 is 5.91. The van der Waals surface area contributed by atoms with Crippen LogP contribution >= 0.6 is 11.6 Å². The molecule has 0 bridgehead atoms. The molecule has 0 aliphatic carbocycles. The molecular formula is C20H19ClN4O2. The van der Waals surface area contributed by atoms with Crippen LogP contribution in [0.5, 0.6) is 0 Å². The second-order valence-electron chi connectivity index (χ2n) is 6.87. The molecule has 1 fully saturated rings. The smallest absolute Gasteiger partial charge is 0.253 e. The van der Waals surface area contributed by atoms with Crippen molar-refractivity contribution in [1.82, 2.24) is 15.3 Å². The van der Waals surface area contributed by atoms with Crippen LogP contribution in [0.1, 0.15) is 22.3 Å². The quantitative estimate of drug-likeness (QED) is 0.726. The van der Waals surface area contributed by atoms with E-state index in [1.165, 1.54) is 0 Å². The molecule has 2 aromatic carbocycles. The van der Waals surface area contributed by atoms with E-state index in [4.69, 9.17) is 11.6 Å². The number of aromatic amines is 1. The van der Waals surface area contributed by atoms with Crippen molar-refractivity contribution in [2.24, 2.45) is 5.92 Å². The maximum Gasteiger partial charge on any atom is 0.253 e. The van der Waals surface area contributed by atoms with E-state index in [1.54, 1.807) is 23.4 Å². The molecule has 0 saturated carbocycles. The largest absolute Gasteiger partial charge is 0.352 e. The van der Waals surface area contributed by atoms with Gasteiger partial charge in [0.1, 0.15) is 5.52 Å². The van der Waals surface area contributed by atoms with Gasteiger partial charge in [-0.3, -0.25) is 9.59 Å². The third-order valence-corrected chi connectivity index (χ3v) is 5.06. The van der Waals surface area contributed by atoms with Crippen LogP contribution in [-0.2, 0) is 4.79 Å². The van der Waals surface area contributed by atoms with Gasteiger partial charge in [0, 0.05) is 36.1 Å². The predicted octanol–water partition coefficient (Wildman–Crippen LogP) is 3.31. The summed E-state index contributed by atoms with van der Waals surface area (Å²) in [7, 11) is 0. The van der Waals surface area contributed by atoms with Gasteiger partial charge in [0.05, 0.1) is 17.4 Å². The maximum atomic E-state index is 12.7. The minimum Gasteiger partial charge on any atom is -0.352 e. The van der Waals surface area contributed by atoms with E-state index in [1.807, 2.05) is 31.2 Å². The zero-order valence-electron chi connectivity index (χ0n) is 14.8. The second-order valence-corrected chi connectivity index (χ2v) is 7.31. The van der Waals surface area contributed by atoms with Crippen molar-refractivity contribution >= 4 is 40.1 Å². The summed E-state index contributed by atoms with van der Waals surface area (Å²) in [6.45, 7) is 2.96.